The number of hydrogen-bond acceptors (Lipinski definition) is 3. The molecule has 0 radical (unpaired) electrons. The molecule has 0 spiro atoms. The van der Waals surface area contributed by atoms with Gasteiger partial charge in [0.1, 0.15) is 6.04 Å². The topological polar surface area (TPSA) is 92.5 Å². The van der Waals surface area contributed by atoms with Gasteiger partial charge in [-0.15, -0.1) is 0 Å². The highest BCUT2D eigenvalue weighted by Gasteiger charge is 2.38. The number of halogens is 1. The SMILES string of the molecule is NC(=O)[C@@H](NC(=O)[C@@H]1CC(=O)N(CC2CC2)C1)c1cccc(Br)c1. The highest BCUT2D eigenvalue weighted by atomic mass is 79.9. The number of nitrogens with zero attached hydrogens (tertiary/aromatic N) is 1. The maximum atomic E-state index is 12.5. The Morgan fingerprint density at radius 2 is 2.12 bits per heavy atom. The fourth-order valence-electron chi connectivity index (χ4n) is 3.00. The Hall–Kier alpha value is -1.89. The van der Waals surface area contributed by atoms with E-state index in [0.29, 0.717) is 18.0 Å². The Labute approximate surface area is 148 Å². The van der Waals surface area contributed by atoms with E-state index in [1.165, 1.54) is 0 Å². The molecule has 1 aliphatic heterocycles. The number of primary amides is 1. The van der Waals surface area contributed by atoms with Crippen LogP contribution in [0, 0.1) is 11.8 Å². The molecule has 1 aromatic carbocycles. The van der Waals surface area contributed by atoms with Gasteiger partial charge < -0.3 is 16.0 Å². The third-order valence-corrected chi connectivity index (χ3v) is 5.01. The molecule has 1 saturated heterocycles. The van der Waals surface area contributed by atoms with Crippen molar-refractivity contribution in [1.29, 1.82) is 0 Å². The van der Waals surface area contributed by atoms with Crippen LogP contribution in [-0.4, -0.2) is 35.7 Å². The summed E-state index contributed by atoms with van der Waals surface area (Å²) in [7, 11) is 0. The highest BCUT2D eigenvalue weighted by molar-refractivity contribution is 9.10. The minimum atomic E-state index is -0.900. The van der Waals surface area contributed by atoms with Crippen molar-refractivity contribution < 1.29 is 14.4 Å². The number of likely N-dealkylation sites (tertiary alicyclic amines) is 1. The van der Waals surface area contributed by atoms with Gasteiger partial charge in [-0.2, -0.15) is 0 Å². The first-order chi connectivity index (χ1) is 11.4. The normalized spacial score (nSPS) is 21.6. The van der Waals surface area contributed by atoms with Crippen LogP contribution in [0.15, 0.2) is 28.7 Å². The Morgan fingerprint density at radius 3 is 2.75 bits per heavy atom. The van der Waals surface area contributed by atoms with E-state index < -0.39 is 17.9 Å². The van der Waals surface area contributed by atoms with Crippen LogP contribution in [0.5, 0.6) is 0 Å². The van der Waals surface area contributed by atoms with E-state index in [1.807, 2.05) is 6.07 Å². The van der Waals surface area contributed by atoms with Crippen molar-refractivity contribution >= 4 is 33.7 Å². The molecule has 1 aliphatic carbocycles. The zero-order chi connectivity index (χ0) is 17.3. The number of rotatable bonds is 6. The third kappa shape index (κ3) is 3.95. The lowest BCUT2D eigenvalue weighted by Gasteiger charge is -2.19. The fraction of sp³-hybridized carbons (Fsp3) is 0.471. The highest BCUT2D eigenvalue weighted by Crippen LogP contribution is 2.32. The van der Waals surface area contributed by atoms with Crippen molar-refractivity contribution in [2.45, 2.75) is 25.3 Å². The number of carbonyl (C=O) groups is 3. The molecular formula is C17H20BrN3O3. The number of nitrogens with two attached hydrogens (primary N) is 1. The number of hydrogen-bond donors (Lipinski definition) is 2. The first kappa shape index (κ1) is 17.0. The summed E-state index contributed by atoms with van der Waals surface area (Å²) in [6, 6.07) is 6.18. The van der Waals surface area contributed by atoms with Gasteiger partial charge in [0, 0.05) is 24.0 Å². The van der Waals surface area contributed by atoms with Gasteiger partial charge in [-0.3, -0.25) is 14.4 Å². The first-order valence-corrected chi connectivity index (χ1v) is 8.86. The van der Waals surface area contributed by atoms with E-state index in [-0.39, 0.29) is 18.2 Å². The molecule has 0 unspecified atom stereocenters. The molecule has 2 aliphatic rings. The van der Waals surface area contributed by atoms with E-state index in [4.69, 9.17) is 5.73 Å². The summed E-state index contributed by atoms with van der Waals surface area (Å²) in [4.78, 5) is 38.1. The third-order valence-electron chi connectivity index (χ3n) is 4.51. The smallest absolute Gasteiger partial charge is 0.244 e. The van der Waals surface area contributed by atoms with Crippen LogP contribution in [0.25, 0.3) is 0 Å². The second-order valence-corrected chi connectivity index (χ2v) is 7.46. The lowest BCUT2D eigenvalue weighted by molar-refractivity contribution is -0.130. The number of nitrogens with one attached hydrogen (secondary N) is 1. The van der Waals surface area contributed by atoms with Crippen molar-refractivity contribution in [2.24, 2.45) is 17.6 Å². The fourth-order valence-corrected chi connectivity index (χ4v) is 3.42. The monoisotopic (exact) mass is 393 g/mol. The minimum absolute atomic E-state index is 0.0140. The van der Waals surface area contributed by atoms with Crippen LogP contribution >= 0.6 is 15.9 Å². The Balaban J connectivity index is 1.65. The van der Waals surface area contributed by atoms with Crippen LogP contribution < -0.4 is 11.1 Å². The summed E-state index contributed by atoms with van der Waals surface area (Å²) in [6.45, 7) is 1.17. The molecule has 3 rings (SSSR count). The molecule has 1 aromatic rings. The van der Waals surface area contributed by atoms with Gasteiger partial charge in [0.15, 0.2) is 0 Å². The number of benzene rings is 1. The summed E-state index contributed by atoms with van der Waals surface area (Å²) in [5, 5.41) is 2.70. The molecule has 6 nitrogen and oxygen atoms in total. The Bertz CT molecular complexity index is 675. The van der Waals surface area contributed by atoms with Crippen molar-refractivity contribution in [3.8, 4) is 0 Å². The molecule has 0 bridgehead atoms. The van der Waals surface area contributed by atoms with Gasteiger partial charge in [-0.05, 0) is 36.5 Å². The Kier molecular flexibility index (Phi) is 4.89. The molecule has 24 heavy (non-hydrogen) atoms. The van der Waals surface area contributed by atoms with Crippen molar-refractivity contribution in [3.05, 3.63) is 34.3 Å². The van der Waals surface area contributed by atoms with E-state index in [2.05, 4.69) is 21.2 Å². The van der Waals surface area contributed by atoms with Crippen LogP contribution in [0.1, 0.15) is 30.9 Å². The summed E-state index contributed by atoms with van der Waals surface area (Å²) < 4.78 is 0.798. The zero-order valence-corrected chi connectivity index (χ0v) is 14.8. The summed E-state index contributed by atoms with van der Waals surface area (Å²) in [5.74, 6) is -0.743. The molecule has 128 valence electrons. The molecule has 1 heterocycles. The van der Waals surface area contributed by atoms with E-state index in [1.54, 1.807) is 23.1 Å². The van der Waals surface area contributed by atoms with Gasteiger partial charge in [0.05, 0.1) is 5.92 Å². The maximum Gasteiger partial charge on any atom is 0.244 e. The molecule has 7 heteroatoms. The van der Waals surface area contributed by atoms with Gasteiger partial charge in [-0.25, -0.2) is 0 Å². The van der Waals surface area contributed by atoms with E-state index in [0.717, 1.165) is 23.9 Å². The van der Waals surface area contributed by atoms with Crippen LogP contribution in [0.3, 0.4) is 0 Å². The summed E-state index contributed by atoms with van der Waals surface area (Å²) >= 11 is 3.34. The molecule has 3 amide bonds. The lowest BCUT2D eigenvalue weighted by atomic mass is 10.0. The lowest BCUT2D eigenvalue weighted by Crippen LogP contribution is -2.41. The molecule has 1 saturated carbocycles. The molecule has 3 N–H and O–H groups in total. The van der Waals surface area contributed by atoms with Crippen LogP contribution in [0.2, 0.25) is 0 Å². The van der Waals surface area contributed by atoms with Gasteiger partial charge in [0.2, 0.25) is 17.7 Å². The van der Waals surface area contributed by atoms with E-state index in [9.17, 15) is 14.4 Å². The van der Waals surface area contributed by atoms with Crippen molar-refractivity contribution in [3.63, 3.8) is 0 Å². The van der Waals surface area contributed by atoms with Crippen LogP contribution in [-0.2, 0) is 14.4 Å². The molecular weight excluding hydrogens is 374 g/mol. The van der Waals surface area contributed by atoms with Gasteiger partial charge in [-0.1, -0.05) is 28.1 Å². The van der Waals surface area contributed by atoms with Gasteiger partial charge in [0.25, 0.3) is 0 Å². The quantitative estimate of drug-likeness (QED) is 0.763. The summed E-state index contributed by atoms with van der Waals surface area (Å²) in [5.41, 5.74) is 6.06. The van der Waals surface area contributed by atoms with E-state index >= 15 is 0 Å². The second-order valence-electron chi connectivity index (χ2n) is 6.54. The Morgan fingerprint density at radius 1 is 1.38 bits per heavy atom. The molecule has 0 aromatic heterocycles. The second kappa shape index (κ2) is 6.93. The zero-order valence-electron chi connectivity index (χ0n) is 13.2. The minimum Gasteiger partial charge on any atom is -0.368 e. The first-order valence-electron chi connectivity index (χ1n) is 8.07. The molecule has 2 atom stereocenters. The van der Waals surface area contributed by atoms with Crippen molar-refractivity contribution in [1.82, 2.24) is 10.2 Å². The standard InChI is InChI=1S/C17H20BrN3O3/c18-13-3-1-2-11(6-13)15(16(19)23)20-17(24)12-7-14(22)21(9-12)8-10-4-5-10/h1-3,6,10,12,15H,4-5,7-9H2,(H2,19,23)(H,20,24)/t12-,15+/m1/s1. The average Bonchev–Trinajstić information content (AvgIpc) is 3.27. The van der Waals surface area contributed by atoms with Gasteiger partial charge >= 0.3 is 0 Å². The number of carbonyl (C=O) groups excluding carboxylic acids is 3. The predicted octanol–water partition coefficient (Wildman–Crippen LogP) is 1.35. The maximum absolute atomic E-state index is 12.5. The van der Waals surface area contributed by atoms with Crippen LogP contribution in [0.4, 0.5) is 0 Å². The average molecular weight is 394 g/mol. The molecule has 2 fully saturated rings. The van der Waals surface area contributed by atoms with Crippen molar-refractivity contribution in [2.75, 3.05) is 13.1 Å². The largest absolute Gasteiger partial charge is 0.368 e. The summed E-state index contributed by atoms with van der Waals surface area (Å²) in [6.07, 6.45) is 2.52. The number of amides is 3. The predicted molar refractivity (Wildman–Crippen MR) is 91.6 cm³/mol.